The molecule has 2 fully saturated rings. The van der Waals surface area contributed by atoms with E-state index in [-0.39, 0.29) is 29.7 Å². The lowest BCUT2D eigenvalue weighted by molar-refractivity contribution is -0.142. The number of imide groups is 1. The quantitative estimate of drug-likeness (QED) is 0.768. The van der Waals surface area contributed by atoms with Crippen LogP contribution in [0.1, 0.15) is 72.6 Å². The number of rotatable bonds is 3. The molecule has 0 bridgehead atoms. The molecule has 27 heavy (non-hydrogen) atoms. The van der Waals surface area contributed by atoms with Crippen molar-refractivity contribution in [1.82, 2.24) is 9.80 Å². The van der Waals surface area contributed by atoms with Crippen LogP contribution in [-0.4, -0.2) is 46.7 Å². The molecule has 5 heteroatoms. The number of amides is 3. The number of piperidine rings is 1. The van der Waals surface area contributed by atoms with E-state index in [0.29, 0.717) is 23.6 Å². The van der Waals surface area contributed by atoms with Gasteiger partial charge in [0.05, 0.1) is 11.1 Å². The predicted octanol–water partition coefficient (Wildman–Crippen LogP) is 3.49. The average molecular weight is 368 g/mol. The minimum absolute atomic E-state index is 0.0532. The van der Waals surface area contributed by atoms with Crippen LogP contribution in [0.5, 0.6) is 0 Å². The number of fused-ring (bicyclic) bond motifs is 1. The largest absolute Gasteiger partial charge is 0.338 e. The minimum Gasteiger partial charge on any atom is -0.338 e. The Kier molecular flexibility index (Phi) is 5.02. The first-order valence-corrected chi connectivity index (χ1v) is 10.3. The molecule has 5 nitrogen and oxygen atoms in total. The molecule has 1 saturated heterocycles. The number of benzene rings is 1. The zero-order valence-electron chi connectivity index (χ0n) is 16.0. The number of hydrogen-bond acceptors (Lipinski definition) is 3. The Morgan fingerprint density at radius 1 is 0.963 bits per heavy atom. The molecular weight excluding hydrogens is 340 g/mol. The first-order valence-electron chi connectivity index (χ1n) is 10.3. The smallest absolute Gasteiger partial charge is 0.261 e. The van der Waals surface area contributed by atoms with Gasteiger partial charge in [-0.3, -0.25) is 19.3 Å². The second-order valence-electron chi connectivity index (χ2n) is 8.32. The zero-order valence-corrected chi connectivity index (χ0v) is 16.0. The van der Waals surface area contributed by atoms with Gasteiger partial charge in [-0.15, -0.1) is 0 Å². The molecule has 1 aromatic carbocycles. The van der Waals surface area contributed by atoms with E-state index in [9.17, 15) is 14.4 Å². The van der Waals surface area contributed by atoms with Crippen LogP contribution in [0, 0.1) is 11.8 Å². The predicted molar refractivity (Wildman–Crippen MR) is 102 cm³/mol. The Hall–Kier alpha value is -2.17. The maximum atomic E-state index is 13.3. The van der Waals surface area contributed by atoms with E-state index in [2.05, 4.69) is 6.92 Å². The summed E-state index contributed by atoms with van der Waals surface area (Å²) >= 11 is 0. The molecule has 0 spiro atoms. The van der Waals surface area contributed by atoms with Gasteiger partial charge in [-0.25, -0.2) is 0 Å². The van der Waals surface area contributed by atoms with Gasteiger partial charge < -0.3 is 4.90 Å². The van der Waals surface area contributed by atoms with Crippen molar-refractivity contribution in [3.63, 3.8) is 0 Å². The summed E-state index contributed by atoms with van der Waals surface area (Å²) in [5, 5.41) is 0. The minimum atomic E-state index is -0.223. The maximum Gasteiger partial charge on any atom is 0.261 e. The Bertz CT molecular complexity index is 725. The lowest BCUT2D eigenvalue weighted by Crippen LogP contribution is -2.53. The van der Waals surface area contributed by atoms with Gasteiger partial charge in [0.2, 0.25) is 5.91 Å². The van der Waals surface area contributed by atoms with Crippen LogP contribution in [0.4, 0.5) is 0 Å². The van der Waals surface area contributed by atoms with Gasteiger partial charge >= 0.3 is 0 Å². The molecule has 0 radical (unpaired) electrons. The van der Waals surface area contributed by atoms with Crippen molar-refractivity contribution in [2.45, 2.75) is 57.9 Å². The molecule has 1 aliphatic carbocycles. The fraction of sp³-hybridized carbons (Fsp3) is 0.591. The van der Waals surface area contributed by atoms with Gasteiger partial charge in [0.25, 0.3) is 11.8 Å². The van der Waals surface area contributed by atoms with E-state index in [4.69, 9.17) is 0 Å². The molecule has 0 aromatic heterocycles. The summed E-state index contributed by atoms with van der Waals surface area (Å²) in [5.74, 6) is 0.317. The summed E-state index contributed by atoms with van der Waals surface area (Å²) in [6, 6.07) is 6.94. The molecule has 1 saturated carbocycles. The van der Waals surface area contributed by atoms with Crippen LogP contribution >= 0.6 is 0 Å². The molecule has 3 aliphatic rings. The Morgan fingerprint density at radius 3 is 2.26 bits per heavy atom. The Labute approximate surface area is 160 Å². The zero-order chi connectivity index (χ0) is 19.0. The van der Waals surface area contributed by atoms with Crippen molar-refractivity contribution < 1.29 is 14.4 Å². The summed E-state index contributed by atoms with van der Waals surface area (Å²) in [6.07, 6.45) is 7.33. The van der Waals surface area contributed by atoms with Gasteiger partial charge in [-0.1, -0.05) is 31.9 Å². The average Bonchev–Trinajstić information content (AvgIpc) is 2.93. The van der Waals surface area contributed by atoms with Gasteiger partial charge in [0.15, 0.2) is 0 Å². The number of nitrogens with zero attached hydrogens (tertiary/aromatic N) is 2. The molecule has 144 valence electrons. The highest BCUT2D eigenvalue weighted by Crippen LogP contribution is 2.33. The summed E-state index contributed by atoms with van der Waals surface area (Å²) in [4.78, 5) is 42.0. The van der Waals surface area contributed by atoms with Crippen LogP contribution in [0.2, 0.25) is 0 Å². The van der Waals surface area contributed by atoms with E-state index in [1.165, 1.54) is 11.3 Å². The van der Waals surface area contributed by atoms with E-state index >= 15 is 0 Å². The van der Waals surface area contributed by atoms with Gasteiger partial charge in [-0.2, -0.15) is 0 Å². The molecule has 4 rings (SSSR count). The molecule has 2 aliphatic heterocycles. The lowest BCUT2D eigenvalue weighted by atomic mass is 9.79. The lowest BCUT2D eigenvalue weighted by Gasteiger charge is -2.41. The number of likely N-dealkylation sites (tertiary alicyclic amines) is 1. The monoisotopic (exact) mass is 368 g/mol. The van der Waals surface area contributed by atoms with E-state index in [1.54, 1.807) is 24.3 Å². The molecule has 2 heterocycles. The van der Waals surface area contributed by atoms with Crippen LogP contribution in [0.3, 0.4) is 0 Å². The molecule has 1 aromatic rings. The van der Waals surface area contributed by atoms with Crippen molar-refractivity contribution >= 4 is 17.7 Å². The third-order valence-corrected chi connectivity index (χ3v) is 6.61. The first kappa shape index (κ1) is 18.2. The fourth-order valence-corrected chi connectivity index (χ4v) is 4.99. The van der Waals surface area contributed by atoms with E-state index in [0.717, 1.165) is 45.1 Å². The summed E-state index contributed by atoms with van der Waals surface area (Å²) < 4.78 is 0. The maximum absolute atomic E-state index is 13.3. The summed E-state index contributed by atoms with van der Waals surface area (Å²) in [5.41, 5.74) is 0.967. The highest BCUT2D eigenvalue weighted by Gasteiger charge is 2.40. The molecule has 3 unspecified atom stereocenters. The van der Waals surface area contributed by atoms with Crippen molar-refractivity contribution in [3.8, 4) is 0 Å². The van der Waals surface area contributed by atoms with E-state index < -0.39 is 0 Å². The topological polar surface area (TPSA) is 57.7 Å². The SMILES string of the molecule is CC1CCCCC1C(=O)N1CCCCC1CN1C(=O)c2ccccc2C1=O. The van der Waals surface area contributed by atoms with Gasteiger partial charge in [0, 0.05) is 25.0 Å². The summed E-state index contributed by atoms with van der Waals surface area (Å²) in [7, 11) is 0. The van der Waals surface area contributed by atoms with Crippen LogP contribution < -0.4 is 0 Å². The number of carbonyl (C=O) groups is 3. The highest BCUT2D eigenvalue weighted by molar-refractivity contribution is 6.21. The Morgan fingerprint density at radius 2 is 1.59 bits per heavy atom. The Balaban J connectivity index is 1.51. The molecule has 3 atom stereocenters. The third-order valence-electron chi connectivity index (χ3n) is 6.61. The van der Waals surface area contributed by atoms with Crippen molar-refractivity contribution in [2.75, 3.05) is 13.1 Å². The normalized spacial score (nSPS) is 28.4. The second-order valence-corrected chi connectivity index (χ2v) is 8.32. The third kappa shape index (κ3) is 3.28. The fourth-order valence-electron chi connectivity index (χ4n) is 4.99. The number of carbonyl (C=O) groups excluding carboxylic acids is 3. The van der Waals surface area contributed by atoms with Crippen molar-refractivity contribution in [2.24, 2.45) is 11.8 Å². The van der Waals surface area contributed by atoms with Crippen LogP contribution in [0.15, 0.2) is 24.3 Å². The van der Waals surface area contributed by atoms with Crippen molar-refractivity contribution in [3.05, 3.63) is 35.4 Å². The van der Waals surface area contributed by atoms with Gasteiger partial charge in [0.1, 0.15) is 0 Å². The second kappa shape index (κ2) is 7.45. The van der Waals surface area contributed by atoms with Crippen LogP contribution in [0.25, 0.3) is 0 Å². The molecular formula is C22H28N2O3. The first-order chi connectivity index (χ1) is 13.1. The number of hydrogen-bond donors (Lipinski definition) is 0. The van der Waals surface area contributed by atoms with E-state index in [1.807, 2.05) is 4.90 Å². The molecule has 3 amide bonds. The summed E-state index contributed by atoms with van der Waals surface area (Å²) in [6.45, 7) is 3.25. The van der Waals surface area contributed by atoms with Crippen LogP contribution in [-0.2, 0) is 4.79 Å². The standard InChI is InChI=1S/C22H28N2O3/c1-15-8-2-3-10-17(15)20(25)23-13-7-6-9-16(23)14-24-21(26)18-11-4-5-12-19(18)22(24)27/h4-5,11-12,15-17H,2-3,6-10,13-14H2,1H3. The highest BCUT2D eigenvalue weighted by atomic mass is 16.2. The molecule has 0 N–H and O–H groups in total. The van der Waals surface area contributed by atoms with Crippen molar-refractivity contribution in [1.29, 1.82) is 0 Å². The van der Waals surface area contributed by atoms with Gasteiger partial charge in [-0.05, 0) is 50.2 Å².